The van der Waals surface area contributed by atoms with Crippen molar-refractivity contribution in [3.05, 3.63) is 30.0 Å². The lowest BCUT2D eigenvalue weighted by molar-refractivity contribution is 0.235. The SMILES string of the molecule is COc1ccc2ncc(C#N)c(N3CCC4(CC3)CCN(S(N)(=O)=O)C4)c2c1. The molecule has 0 atom stereocenters. The molecule has 0 aliphatic carbocycles. The van der Waals surface area contributed by atoms with Gasteiger partial charge < -0.3 is 9.64 Å². The molecule has 2 saturated heterocycles. The van der Waals surface area contributed by atoms with Crippen LogP contribution in [0, 0.1) is 16.7 Å². The highest BCUT2D eigenvalue weighted by atomic mass is 32.2. The molecule has 4 rings (SSSR count). The van der Waals surface area contributed by atoms with Gasteiger partial charge in [-0.05, 0) is 42.9 Å². The Morgan fingerprint density at radius 2 is 1.96 bits per heavy atom. The van der Waals surface area contributed by atoms with E-state index in [1.807, 2.05) is 18.2 Å². The van der Waals surface area contributed by atoms with Gasteiger partial charge in [-0.1, -0.05) is 0 Å². The van der Waals surface area contributed by atoms with Gasteiger partial charge in [0.05, 0.1) is 23.9 Å². The van der Waals surface area contributed by atoms with Gasteiger partial charge in [0.15, 0.2) is 0 Å². The van der Waals surface area contributed by atoms with Crippen LogP contribution in [0.5, 0.6) is 5.75 Å². The van der Waals surface area contributed by atoms with Crippen LogP contribution >= 0.6 is 0 Å². The van der Waals surface area contributed by atoms with Gasteiger partial charge in [0.1, 0.15) is 11.8 Å². The van der Waals surface area contributed by atoms with Crippen molar-refractivity contribution in [1.82, 2.24) is 9.29 Å². The molecule has 8 nitrogen and oxygen atoms in total. The molecule has 2 aliphatic heterocycles. The summed E-state index contributed by atoms with van der Waals surface area (Å²) in [6.07, 6.45) is 4.16. The van der Waals surface area contributed by atoms with Crippen molar-refractivity contribution < 1.29 is 13.2 Å². The topological polar surface area (TPSA) is 113 Å². The van der Waals surface area contributed by atoms with Gasteiger partial charge in [0.25, 0.3) is 10.2 Å². The number of piperidine rings is 1. The summed E-state index contributed by atoms with van der Waals surface area (Å²) >= 11 is 0. The summed E-state index contributed by atoms with van der Waals surface area (Å²) in [6.45, 7) is 2.47. The maximum Gasteiger partial charge on any atom is 0.276 e. The highest BCUT2D eigenvalue weighted by molar-refractivity contribution is 7.86. The predicted molar refractivity (Wildman–Crippen MR) is 106 cm³/mol. The Bertz CT molecular complexity index is 1060. The summed E-state index contributed by atoms with van der Waals surface area (Å²) in [7, 11) is -2.02. The van der Waals surface area contributed by atoms with Gasteiger partial charge in [-0.3, -0.25) is 4.98 Å². The average molecular weight is 401 g/mol. The van der Waals surface area contributed by atoms with Crippen molar-refractivity contribution in [3.8, 4) is 11.8 Å². The maximum atomic E-state index is 11.7. The maximum absolute atomic E-state index is 11.7. The van der Waals surface area contributed by atoms with Crippen LogP contribution < -0.4 is 14.8 Å². The quantitative estimate of drug-likeness (QED) is 0.836. The Hall–Kier alpha value is -2.41. The second-order valence-corrected chi connectivity index (χ2v) is 9.18. The van der Waals surface area contributed by atoms with Crippen LogP contribution in [0.4, 0.5) is 5.69 Å². The molecule has 0 bridgehead atoms. The lowest BCUT2D eigenvalue weighted by Crippen LogP contribution is -2.43. The van der Waals surface area contributed by atoms with E-state index in [1.165, 1.54) is 4.31 Å². The minimum Gasteiger partial charge on any atom is -0.497 e. The third-order valence-electron chi connectivity index (χ3n) is 6.07. The summed E-state index contributed by atoms with van der Waals surface area (Å²) in [4.78, 5) is 6.61. The lowest BCUT2D eigenvalue weighted by Gasteiger charge is -2.40. The zero-order valence-corrected chi connectivity index (χ0v) is 16.6. The van der Waals surface area contributed by atoms with Crippen molar-refractivity contribution in [2.24, 2.45) is 10.6 Å². The number of methoxy groups -OCH3 is 1. The van der Waals surface area contributed by atoms with Gasteiger partial charge in [0, 0.05) is 37.8 Å². The van der Waals surface area contributed by atoms with Crippen LogP contribution in [-0.4, -0.2) is 51.0 Å². The summed E-state index contributed by atoms with van der Waals surface area (Å²) < 4.78 is 30.1. The standard InChI is InChI=1S/C19H23N5O3S/c1-27-15-2-3-17-16(10-15)18(14(11-20)12-22-17)23-7-4-19(5-8-23)6-9-24(13-19)28(21,25)26/h2-3,10,12H,4-9,13H2,1H3,(H2,21,25,26). The fraction of sp³-hybridized carbons (Fsp3) is 0.474. The Labute approximate surface area is 164 Å². The average Bonchev–Trinajstić information content (AvgIpc) is 3.11. The van der Waals surface area contributed by atoms with E-state index < -0.39 is 10.2 Å². The molecule has 28 heavy (non-hydrogen) atoms. The first-order valence-corrected chi connectivity index (χ1v) is 10.8. The zero-order valence-electron chi connectivity index (χ0n) is 15.8. The van der Waals surface area contributed by atoms with E-state index in [0.29, 0.717) is 18.7 Å². The molecule has 1 aromatic carbocycles. The number of nitrogens with two attached hydrogens (primary N) is 1. The normalized spacial score (nSPS) is 19.8. The number of aromatic nitrogens is 1. The Kier molecular flexibility index (Phi) is 4.65. The van der Waals surface area contributed by atoms with Gasteiger partial charge in [-0.15, -0.1) is 0 Å². The Balaban J connectivity index is 1.63. The summed E-state index contributed by atoms with van der Waals surface area (Å²) in [5, 5.41) is 15.8. The molecule has 2 aromatic rings. The van der Waals surface area contributed by atoms with E-state index in [0.717, 1.165) is 54.7 Å². The van der Waals surface area contributed by atoms with E-state index in [-0.39, 0.29) is 5.41 Å². The molecule has 0 amide bonds. The van der Waals surface area contributed by atoms with Gasteiger partial charge >= 0.3 is 0 Å². The Morgan fingerprint density at radius 1 is 1.25 bits per heavy atom. The van der Waals surface area contributed by atoms with Crippen LogP contribution in [0.3, 0.4) is 0 Å². The third kappa shape index (κ3) is 3.28. The van der Waals surface area contributed by atoms with Crippen molar-refractivity contribution in [1.29, 1.82) is 5.26 Å². The molecule has 3 heterocycles. The van der Waals surface area contributed by atoms with Crippen LogP contribution in [0.15, 0.2) is 24.4 Å². The van der Waals surface area contributed by atoms with Crippen molar-refractivity contribution in [2.75, 3.05) is 38.2 Å². The first kappa shape index (κ1) is 18.9. The molecule has 0 radical (unpaired) electrons. The van der Waals surface area contributed by atoms with Crippen LogP contribution in [-0.2, 0) is 10.2 Å². The monoisotopic (exact) mass is 401 g/mol. The zero-order chi connectivity index (χ0) is 19.9. The number of anilines is 1. The fourth-order valence-electron chi connectivity index (χ4n) is 4.43. The van der Waals surface area contributed by atoms with Gasteiger partial charge in [-0.25, -0.2) is 5.14 Å². The number of benzene rings is 1. The van der Waals surface area contributed by atoms with E-state index in [2.05, 4.69) is 16.0 Å². The largest absolute Gasteiger partial charge is 0.497 e. The van der Waals surface area contributed by atoms with Gasteiger partial charge in [-0.2, -0.15) is 18.0 Å². The summed E-state index contributed by atoms with van der Waals surface area (Å²) in [5.74, 6) is 0.721. The predicted octanol–water partition coefficient (Wildman–Crippen LogP) is 1.61. The second-order valence-electron chi connectivity index (χ2n) is 7.63. The van der Waals surface area contributed by atoms with E-state index >= 15 is 0 Å². The number of ether oxygens (including phenoxy) is 1. The minimum absolute atomic E-state index is 0.0315. The summed E-state index contributed by atoms with van der Waals surface area (Å²) in [5.41, 5.74) is 2.20. The first-order valence-electron chi connectivity index (χ1n) is 9.25. The van der Waals surface area contributed by atoms with E-state index in [4.69, 9.17) is 9.88 Å². The molecule has 148 valence electrons. The van der Waals surface area contributed by atoms with Crippen LogP contribution in [0.25, 0.3) is 10.9 Å². The molecule has 9 heteroatoms. The highest BCUT2D eigenvalue weighted by Gasteiger charge is 2.43. The van der Waals surface area contributed by atoms with Crippen LogP contribution in [0.1, 0.15) is 24.8 Å². The molecule has 2 aliphatic rings. The van der Waals surface area contributed by atoms with E-state index in [1.54, 1.807) is 13.3 Å². The fourth-order valence-corrected chi connectivity index (χ4v) is 5.23. The molecule has 1 aromatic heterocycles. The van der Waals surface area contributed by atoms with E-state index in [9.17, 15) is 13.7 Å². The number of nitriles is 1. The van der Waals surface area contributed by atoms with Crippen LogP contribution in [0.2, 0.25) is 0 Å². The Morgan fingerprint density at radius 3 is 2.57 bits per heavy atom. The molecule has 0 saturated carbocycles. The molecule has 0 unspecified atom stereocenters. The molecule has 1 spiro atoms. The van der Waals surface area contributed by atoms with Gasteiger partial charge in [0.2, 0.25) is 0 Å². The second kappa shape index (κ2) is 6.88. The highest BCUT2D eigenvalue weighted by Crippen LogP contribution is 2.43. The third-order valence-corrected chi connectivity index (χ3v) is 7.10. The molecule has 2 N–H and O–H groups in total. The number of hydrogen-bond donors (Lipinski definition) is 1. The number of hydrogen-bond acceptors (Lipinski definition) is 6. The van der Waals surface area contributed by atoms with Crippen molar-refractivity contribution >= 4 is 26.8 Å². The number of fused-ring (bicyclic) bond motifs is 1. The molecule has 2 fully saturated rings. The molecular formula is C19H23N5O3S. The first-order chi connectivity index (χ1) is 13.3. The molecular weight excluding hydrogens is 378 g/mol. The van der Waals surface area contributed by atoms with Crippen molar-refractivity contribution in [3.63, 3.8) is 0 Å². The summed E-state index contributed by atoms with van der Waals surface area (Å²) in [6, 6.07) is 7.93. The lowest BCUT2D eigenvalue weighted by atomic mass is 9.77. The number of nitrogens with zero attached hydrogens (tertiary/aromatic N) is 4. The van der Waals surface area contributed by atoms with Crippen molar-refractivity contribution in [2.45, 2.75) is 19.3 Å². The smallest absolute Gasteiger partial charge is 0.276 e. The number of pyridine rings is 1. The minimum atomic E-state index is -3.64. The number of rotatable bonds is 3.